The van der Waals surface area contributed by atoms with Gasteiger partial charge < -0.3 is 25.3 Å². The lowest BCUT2D eigenvalue weighted by molar-refractivity contribution is -0.127. The van der Waals surface area contributed by atoms with Gasteiger partial charge in [-0.1, -0.05) is 23.2 Å². The van der Waals surface area contributed by atoms with E-state index in [1.165, 1.54) is 4.90 Å². The molecule has 0 unspecified atom stereocenters. The third-order valence-corrected chi connectivity index (χ3v) is 8.06. The number of amides is 4. The van der Waals surface area contributed by atoms with Crippen molar-refractivity contribution in [1.82, 2.24) is 30.3 Å². The number of nitrogens with zero attached hydrogens (tertiary/aromatic N) is 4. The van der Waals surface area contributed by atoms with Crippen LogP contribution in [0.1, 0.15) is 47.7 Å². The zero-order chi connectivity index (χ0) is 27.8. The van der Waals surface area contributed by atoms with Gasteiger partial charge in [-0.25, -0.2) is 9.78 Å². The molecule has 0 saturated carbocycles. The smallest absolute Gasteiger partial charge is 0.318 e. The molecule has 208 valence electrons. The lowest BCUT2D eigenvalue weighted by Gasteiger charge is -2.40. The summed E-state index contributed by atoms with van der Waals surface area (Å²) in [6, 6.07) is 3.77. The van der Waals surface area contributed by atoms with Crippen molar-refractivity contribution in [2.45, 2.75) is 51.7 Å². The molecule has 1 aliphatic heterocycles. The van der Waals surface area contributed by atoms with Crippen LogP contribution in [0.3, 0.4) is 0 Å². The number of halogens is 2. The van der Waals surface area contributed by atoms with Gasteiger partial charge in [0, 0.05) is 52.4 Å². The van der Waals surface area contributed by atoms with Crippen molar-refractivity contribution in [3.63, 3.8) is 0 Å². The topological polar surface area (TPSA) is 97.9 Å². The summed E-state index contributed by atoms with van der Waals surface area (Å²) in [5, 5.41) is 10.1. The fourth-order valence-corrected chi connectivity index (χ4v) is 5.81. The Kier molecular flexibility index (Phi) is 11.2. The van der Waals surface area contributed by atoms with E-state index in [1.54, 1.807) is 38.4 Å². The lowest BCUT2D eigenvalue weighted by Crippen LogP contribution is -2.52. The summed E-state index contributed by atoms with van der Waals surface area (Å²) in [4.78, 5) is 47.4. The number of aromatic nitrogens is 1. The average Bonchev–Trinajstić information content (AvgIpc) is 3.38. The summed E-state index contributed by atoms with van der Waals surface area (Å²) >= 11 is 13.6. The molecule has 3 heterocycles. The van der Waals surface area contributed by atoms with Crippen LogP contribution in [0.4, 0.5) is 4.79 Å². The number of likely N-dealkylation sites (N-methyl/N-ethyl adjacent to an activating group) is 1. The second kappa shape index (κ2) is 14.1. The molecule has 9 nitrogen and oxygen atoms in total. The van der Waals surface area contributed by atoms with E-state index in [0.29, 0.717) is 24.2 Å². The maximum atomic E-state index is 13.1. The van der Waals surface area contributed by atoms with E-state index in [4.69, 9.17) is 23.2 Å². The molecule has 1 fully saturated rings. The first-order valence-corrected chi connectivity index (χ1v) is 14.4. The van der Waals surface area contributed by atoms with Crippen LogP contribution in [-0.2, 0) is 11.3 Å². The number of likely N-dealkylation sites (tertiary alicyclic amines) is 1. The van der Waals surface area contributed by atoms with E-state index in [0.717, 1.165) is 37.9 Å². The largest absolute Gasteiger partial charge is 0.352 e. The predicted octanol–water partition coefficient (Wildman–Crippen LogP) is 4.03. The molecule has 1 atom stereocenters. The van der Waals surface area contributed by atoms with Gasteiger partial charge in [0.05, 0.1) is 12.1 Å². The number of aryl methyl sites for hydroxylation is 1. The van der Waals surface area contributed by atoms with Gasteiger partial charge in [-0.3, -0.25) is 9.59 Å². The van der Waals surface area contributed by atoms with Gasteiger partial charge in [0.2, 0.25) is 5.91 Å². The molecular weight excluding hydrogens is 547 g/mol. The van der Waals surface area contributed by atoms with E-state index in [9.17, 15) is 14.4 Å². The predicted molar refractivity (Wildman–Crippen MR) is 152 cm³/mol. The molecule has 2 aromatic heterocycles. The number of hydrogen-bond donors (Lipinski definition) is 2. The molecule has 2 aromatic rings. The van der Waals surface area contributed by atoms with Gasteiger partial charge in [-0.15, -0.1) is 0 Å². The Morgan fingerprint density at radius 3 is 2.53 bits per heavy atom. The van der Waals surface area contributed by atoms with Gasteiger partial charge in [-0.2, -0.15) is 11.3 Å². The minimum Gasteiger partial charge on any atom is -0.352 e. The number of carbonyl (C=O) groups is 3. The number of carbonyl (C=O) groups excluding carboxylic acids is 3. The number of pyridine rings is 1. The van der Waals surface area contributed by atoms with Crippen LogP contribution in [0.25, 0.3) is 0 Å². The Morgan fingerprint density at radius 2 is 1.92 bits per heavy atom. The molecule has 1 aliphatic rings. The summed E-state index contributed by atoms with van der Waals surface area (Å²) in [5.41, 5.74) is 2.12. The standard InChI is InChI=1S/C26H36Cl2N6O3S/c1-17-13-21(27)31-24(28)23(17)25(36)29-9-5-18(2)33-10-6-20(7-11-33)34(15-19-8-12-38-16-19)26(37)30-14-22(35)32(3)4/h8,12-13,16,18,20H,5-7,9-11,14-15H2,1-4H3,(H,29,36)(H,30,37)/t18-/m1/s1. The highest BCUT2D eigenvalue weighted by Gasteiger charge is 2.30. The highest BCUT2D eigenvalue weighted by molar-refractivity contribution is 7.07. The summed E-state index contributed by atoms with van der Waals surface area (Å²) in [6.07, 6.45) is 2.45. The number of hydrogen-bond acceptors (Lipinski definition) is 6. The van der Waals surface area contributed by atoms with Gasteiger partial charge in [0.15, 0.2) is 0 Å². The van der Waals surface area contributed by atoms with E-state index in [1.807, 2.05) is 21.7 Å². The Bertz CT molecular complexity index is 1080. The molecule has 0 aliphatic carbocycles. The van der Waals surface area contributed by atoms with Crippen LogP contribution >= 0.6 is 34.5 Å². The highest BCUT2D eigenvalue weighted by atomic mass is 35.5. The summed E-state index contributed by atoms with van der Waals surface area (Å²) in [6.45, 7) is 6.61. The van der Waals surface area contributed by atoms with E-state index >= 15 is 0 Å². The van der Waals surface area contributed by atoms with Crippen LogP contribution in [0.15, 0.2) is 22.9 Å². The molecular formula is C26H36Cl2N6O3S. The molecule has 0 bridgehead atoms. The lowest BCUT2D eigenvalue weighted by atomic mass is 10.0. The van der Waals surface area contributed by atoms with Crippen molar-refractivity contribution >= 4 is 52.4 Å². The van der Waals surface area contributed by atoms with Crippen molar-refractivity contribution in [3.05, 3.63) is 49.9 Å². The maximum Gasteiger partial charge on any atom is 0.318 e. The summed E-state index contributed by atoms with van der Waals surface area (Å²) < 4.78 is 0. The summed E-state index contributed by atoms with van der Waals surface area (Å²) in [5.74, 6) is -0.403. The van der Waals surface area contributed by atoms with Crippen LogP contribution < -0.4 is 10.6 Å². The second-order valence-corrected chi connectivity index (χ2v) is 11.3. The fraction of sp³-hybridized carbons (Fsp3) is 0.538. The van der Waals surface area contributed by atoms with Crippen molar-refractivity contribution in [3.8, 4) is 0 Å². The minimum atomic E-state index is -0.259. The first kappa shape index (κ1) is 30.1. The van der Waals surface area contributed by atoms with Crippen molar-refractivity contribution in [2.24, 2.45) is 0 Å². The van der Waals surface area contributed by atoms with Crippen LogP contribution in [0.5, 0.6) is 0 Å². The zero-order valence-corrected chi connectivity index (χ0v) is 24.6. The first-order chi connectivity index (χ1) is 18.1. The second-order valence-electron chi connectivity index (χ2n) is 9.79. The van der Waals surface area contributed by atoms with E-state index < -0.39 is 0 Å². The van der Waals surface area contributed by atoms with Crippen molar-refractivity contribution in [1.29, 1.82) is 0 Å². The van der Waals surface area contributed by atoms with Crippen LogP contribution in [0.2, 0.25) is 10.3 Å². The molecule has 12 heteroatoms. The van der Waals surface area contributed by atoms with Gasteiger partial charge in [0.1, 0.15) is 10.3 Å². The number of piperidine rings is 1. The number of thiophene rings is 1. The van der Waals surface area contributed by atoms with Gasteiger partial charge in [0.25, 0.3) is 5.91 Å². The summed E-state index contributed by atoms with van der Waals surface area (Å²) in [7, 11) is 3.34. The van der Waals surface area contributed by atoms with Crippen molar-refractivity contribution < 1.29 is 14.4 Å². The molecule has 3 rings (SSSR count). The number of rotatable bonds is 10. The average molecular weight is 584 g/mol. The fourth-order valence-electron chi connectivity index (χ4n) is 4.53. The maximum absolute atomic E-state index is 13.1. The zero-order valence-electron chi connectivity index (χ0n) is 22.3. The van der Waals surface area contributed by atoms with Crippen LogP contribution in [0, 0.1) is 6.92 Å². The quantitative estimate of drug-likeness (QED) is 0.412. The molecule has 0 aromatic carbocycles. The number of urea groups is 1. The third-order valence-electron chi connectivity index (χ3n) is 6.86. The Morgan fingerprint density at radius 1 is 1.21 bits per heavy atom. The van der Waals surface area contributed by atoms with E-state index in [2.05, 4.69) is 27.4 Å². The third kappa shape index (κ3) is 8.30. The molecule has 38 heavy (non-hydrogen) atoms. The highest BCUT2D eigenvalue weighted by Crippen LogP contribution is 2.23. The molecule has 0 spiro atoms. The Balaban J connectivity index is 1.51. The first-order valence-electron chi connectivity index (χ1n) is 12.7. The SMILES string of the molecule is Cc1cc(Cl)nc(Cl)c1C(=O)NCC[C@@H](C)N1CCC(N(Cc2ccsc2)C(=O)NCC(=O)N(C)C)CC1. The van der Waals surface area contributed by atoms with E-state index in [-0.39, 0.29) is 46.8 Å². The van der Waals surface area contributed by atoms with Gasteiger partial charge >= 0.3 is 6.03 Å². The van der Waals surface area contributed by atoms with Crippen molar-refractivity contribution in [2.75, 3.05) is 40.3 Å². The Hall–Kier alpha value is -2.40. The Labute approximate surface area is 238 Å². The van der Waals surface area contributed by atoms with Crippen LogP contribution in [-0.4, -0.2) is 89.9 Å². The molecule has 4 amide bonds. The van der Waals surface area contributed by atoms with Gasteiger partial charge in [-0.05, 0) is 67.1 Å². The molecule has 2 N–H and O–H groups in total. The monoisotopic (exact) mass is 582 g/mol. The molecule has 0 radical (unpaired) electrons. The molecule has 1 saturated heterocycles. The number of nitrogens with one attached hydrogen (secondary N) is 2. The normalized spacial score (nSPS) is 15.1. The minimum absolute atomic E-state index is 0.0234.